The fourth-order valence-corrected chi connectivity index (χ4v) is 1.68. The van der Waals surface area contributed by atoms with Crippen molar-refractivity contribution in [1.29, 1.82) is 0 Å². The van der Waals surface area contributed by atoms with Crippen LogP contribution in [0.1, 0.15) is 12.5 Å². The summed E-state index contributed by atoms with van der Waals surface area (Å²) in [6.07, 6.45) is 4.81. The number of ketones is 1. The van der Waals surface area contributed by atoms with Crippen LogP contribution in [-0.2, 0) is 9.59 Å². The standard InChI is InChI=1S/C11H11NO3S/c1-7(13)9(11(14)15)6-8-4-3-5-12-10(8)16-2/h3-6H,1-2H3,(H,14,15). The van der Waals surface area contributed by atoms with Gasteiger partial charge in [0.15, 0.2) is 5.78 Å². The Morgan fingerprint density at radius 3 is 2.69 bits per heavy atom. The lowest BCUT2D eigenvalue weighted by Gasteiger charge is -2.02. The highest BCUT2D eigenvalue weighted by molar-refractivity contribution is 7.98. The van der Waals surface area contributed by atoms with E-state index in [9.17, 15) is 9.59 Å². The molecule has 0 aliphatic rings. The number of pyridine rings is 1. The topological polar surface area (TPSA) is 67.3 Å². The quantitative estimate of drug-likeness (QED) is 0.374. The van der Waals surface area contributed by atoms with Crippen LogP contribution in [0.3, 0.4) is 0 Å². The molecule has 1 aromatic heterocycles. The zero-order valence-corrected chi connectivity index (χ0v) is 9.75. The van der Waals surface area contributed by atoms with Crippen LogP contribution in [0, 0.1) is 0 Å². The first-order valence-electron chi connectivity index (χ1n) is 4.51. The number of nitrogens with zero attached hydrogens (tertiary/aromatic N) is 1. The van der Waals surface area contributed by atoms with E-state index >= 15 is 0 Å². The summed E-state index contributed by atoms with van der Waals surface area (Å²) in [5, 5.41) is 9.55. The zero-order chi connectivity index (χ0) is 12.1. The van der Waals surface area contributed by atoms with E-state index < -0.39 is 11.8 Å². The third kappa shape index (κ3) is 2.93. The van der Waals surface area contributed by atoms with E-state index in [1.807, 2.05) is 6.26 Å². The normalized spacial score (nSPS) is 11.2. The summed E-state index contributed by atoms with van der Waals surface area (Å²) in [5.41, 5.74) is 0.408. The Morgan fingerprint density at radius 2 is 2.19 bits per heavy atom. The molecule has 84 valence electrons. The van der Waals surface area contributed by atoms with Gasteiger partial charge in [-0.1, -0.05) is 6.07 Å². The molecule has 16 heavy (non-hydrogen) atoms. The molecule has 1 aromatic rings. The second-order valence-electron chi connectivity index (χ2n) is 3.02. The van der Waals surface area contributed by atoms with Gasteiger partial charge in [0.25, 0.3) is 0 Å². The average Bonchev–Trinajstić information content (AvgIpc) is 2.25. The lowest BCUT2D eigenvalue weighted by atomic mass is 10.1. The van der Waals surface area contributed by atoms with Crippen LogP contribution in [0.4, 0.5) is 0 Å². The number of aromatic nitrogens is 1. The van der Waals surface area contributed by atoms with Gasteiger partial charge >= 0.3 is 5.97 Å². The SMILES string of the molecule is CSc1ncccc1C=C(C(C)=O)C(=O)O. The zero-order valence-electron chi connectivity index (χ0n) is 8.93. The highest BCUT2D eigenvalue weighted by Gasteiger charge is 2.13. The molecule has 5 heteroatoms. The van der Waals surface area contributed by atoms with Crippen molar-refractivity contribution in [3.8, 4) is 0 Å². The van der Waals surface area contributed by atoms with E-state index in [4.69, 9.17) is 5.11 Å². The van der Waals surface area contributed by atoms with Crippen LogP contribution in [-0.4, -0.2) is 28.1 Å². The van der Waals surface area contributed by atoms with Crippen LogP contribution in [0.5, 0.6) is 0 Å². The predicted octanol–water partition coefficient (Wildman–Crippen LogP) is 1.86. The smallest absolute Gasteiger partial charge is 0.339 e. The summed E-state index contributed by atoms with van der Waals surface area (Å²) < 4.78 is 0. The summed E-state index contributed by atoms with van der Waals surface area (Å²) >= 11 is 1.40. The molecule has 0 radical (unpaired) electrons. The molecule has 0 saturated carbocycles. The van der Waals surface area contributed by atoms with Crippen molar-refractivity contribution in [3.05, 3.63) is 29.5 Å². The van der Waals surface area contributed by atoms with Crippen LogP contribution < -0.4 is 0 Å². The van der Waals surface area contributed by atoms with Gasteiger partial charge < -0.3 is 5.11 Å². The summed E-state index contributed by atoms with van der Waals surface area (Å²) in [7, 11) is 0. The van der Waals surface area contributed by atoms with E-state index in [1.165, 1.54) is 24.8 Å². The Balaban J connectivity index is 3.23. The van der Waals surface area contributed by atoms with E-state index in [0.29, 0.717) is 10.6 Å². The summed E-state index contributed by atoms with van der Waals surface area (Å²) in [5.74, 6) is -1.69. The van der Waals surface area contributed by atoms with Crippen molar-refractivity contribution in [1.82, 2.24) is 4.98 Å². The van der Waals surface area contributed by atoms with Gasteiger partial charge in [-0.3, -0.25) is 4.79 Å². The maximum absolute atomic E-state index is 11.1. The number of carbonyl (C=O) groups excluding carboxylic acids is 1. The number of hydrogen-bond acceptors (Lipinski definition) is 4. The molecule has 0 atom stereocenters. The molecule has 0 amide bonds. The third-order valence-corrected chi connectivity index (χ3v) is 2.63. The molecular weight excluding hydrogens is 226 g/mol. The largest absolute Gasteiger partial charge is 0.478 e. The summed E-state index contributed by atoms with van der Waals surface area (Å²) in [6.45, 7) is 1.23. The van der Waals surface area contributed by atoms with Gasteiger partial charge in [-0.15, -0.1) is 11.8 Å². The molecule has 0 bridgehead atoms. The van der Waals surface area contributed by atoms with Crippen molar-refractivity contribution in [2.45, 2.75) is 11.9 Å². The number of rotatable bonds is 4. The molecule has 0 aliphatic heterocycles. The molecule has 0 spiro atoms. The van der Waals surface area contributed by atoms with Gasteiger partial charge in [-0.2, -0.15) is 0 Å². The first-order chi connectivity index (χ1) is 7.56. The Hall–Kier alpha value is -1.62. The van der Waals surface area contributed by atoms with Crippen molar-refractivity contribution < 1.29 is 14.7 Å². The van der Waals surface area contributed by atoms with E-state index in [-0.39, 0.29) is 5.57 Å². The highest BCUT2D eigenvalue weighted by Crippen LogP contribution is 2.19. The Bertz CT molecular complexity index is 438. The molecule has 0 fully saturated rings. The molecular formula is C11H11NO3S. The molecule has 0 unspecified atom stereocenters. The lowest BCUT2D eigenvalue weighted by Crippen LogP contribution is -2.08. The van der Waals surface area contributed by atoms with E-state index in [2.05, 4.69) is 4.98 Å². The fraction of sp³-hybridized carbons (Fsp3) is 0.182. The van der Waals surface area contributed by atoms with Gasteiger partial charge in [0.05, 0.1) is 0 Å². The van der Waals surface area contributed by atoms with Crippen LogP contribution >= 0.6 is 11.8 Å². The Labute approximate surface area is 97.4 Å². The predicted molar refractivity (Wildman–Crippen MR) is 62.3 cm³/mol. The molecule has 4 nitrogen and oxygen atoms in total. The number of carboxylic acid groups (broad SMARTS) is 1. The molecule has 0 aromatic carbocycles. The summed E-state index contributed by atoms with van der Waals surface area (Å²) in [4.78, 5) is 26.0. The Kier molecular flexibility index (Phi) is 4.25. The second kappa shape index (κ2) is 5.46. The number of hydrogen-bond donors (Lipinski definition) is 1. The molecule has 1 rings (SSSR count). The fourth-order valence-electron chi connectivity index (χ4n) is 1.15. The van der Waals surface area contributed by atoms with Crippen molar-refractivity contribution in [2.75, 3.05) is 6.26 Å². The first-order valence-corrected chi connectivity index (χ1v) is 5.73. The molecule has 1 heterocycles. The highest BCUT2D eigenvalue weighted by atomic mass is 32.2. The van der Waals surface area contributed by atoms with Crippen LogP contribution in [0.15, 0.2) is 28.9 Å². The number of aliphatic carboxylic acids is 1. The molecule has 0 saturated heterocycles. The van der Waals surface area contributed by atoms with E-state index in [1.54, 1.807) is 18.3 Å². The van der Waals surface area contributed by atoms with Gasteiger partial charge in [-0.05, 0) is 25.3 Å². The number of carboxylic acids is 1. The Morgan fingerprint density at radius 1 is 1.50 bits per heavy atom. The van der Waals surface area contributed by atoms with Crippen molar-refractivity contribution in [3.63, 3.8) is 0 Å². The van der Waals surface area contributed by atoms with Crippen molar-refractivity contribution in [2.24, 2.45) is 0 Å². The van der Waals surface area contributed by atoms with Gasteiger partial charge in [-0.25, -0.2) is 9.78 Å². The average molecular weight is 237 g/mol. The maximum Gasteiger partial charge on any atom is 0.339 e. The van der Waals surface area contributed by atoms with Gasteiger partial charge in [0.1, 0.15) is 10.6 Å². The number of Topliss-reactive ketones (excluding diaryl/α,β-unsaturated/α-hetero) is 1. The maximum atomic E-state index is 11.1. The van der Waals surface area contributed by atoms with Crippen LogP contribution in [0.2, 0.25) is 0 Å². The van der Waals surface area contributed by atoms with Gasteiger partial charge in [0.2, 0.25) is 0 Å². The first kappa shape index (κ1) is 12.4. The second-order valence-corrected chi connectivity index (χ2v) is 3.82. The van der Waals surface area contributed by atoms with E-state index in [0.717, 1.165) is 0 Å². The number of carbonyl (C=O) groups is 2. The number of thioether (sulfide) groups is 1. The van der Waals surface area contributed by atoms with Gasteiger partial charge in [0, 0.05) is 11.8 Å². The van der Waals surface area contributed by atoms with Crippen molar-refractivity contribution >= 4 is 29.6 Å². The monoisotopic (exact) mass is 237 g/mol. The minimum Gasteiger partial charge on any atom is -0.478 e. The minimum atomic E-state index is -1.22. The third-order valence-electron chi connectivity index (χ3n) is 1.90. The minimum absolute atomic E-state index is 0.233. The molecule has 1 N–H and O–H groups in total. The molecule has 0 aliphatic carbocycles. The van der Waals surface area contributed by atoms with Crippen LogP contribution in [0.25, 0.3) is 6.08 Å². The lowest BCUT2D eigenvalue weighted by molar-refractivity contribution is -0.134. The summed E-state index contributed by atoms with van der Waals surface area (Å²) in [6, 6.07) is 3.43.